The summed E-state index contributed by atoms with van der Waals surface area (Å²) in [5.41, 5.74) is -0.135. The number of alkyl halides is 3. The number of aryl methyl sites for hydroxylation is 1. The topological polar surface area (TPSA) is 96.4 Å². The van der Waals surface area contributed by atoms with E-state index in [0.29, 0.717) is 11.2 Å². The van der Waals surface area contributed by atoms with E-state index in [2.05, 4.69) is 20.6 Å². The smallest absolute Gasteiger partial charge is 0.442 e. The molecule has 0 aliphatic heterocycles. The number of amides is 1. The van der Waals surface area contributed by atoms with Crippen molar-refractivity contribution in [3.05, 3.63) is 59.2 Å². The molecule has 214 valence electrons. The van der Waals surface area contributed by atoms with Crippen LogP contribution in [0.15, 0.2) is 36.4 Å². The van der Waals surface area contributed by atoms with Crippen LogP contribution in [0.4, 0.5) is 33.7 Å². The quantitative estimate of drug-likeness (QED) is 0.314. The average Bonchev–Trinajstić information content (AvgIpc) is 2.89. The van der Waals surface area contributed by atoms with E-state index in [-0.39, 0.29) is 43.7 Å². The second-order valence-corrected chi connectivity index (χ2v) is 10.0. The Labute approximate surface area is 226 Å². The molecule has 0 atom stereocenters. The molecule has 1 saturated carbocycles. The van der Waals surface area contributed by atoms with Crippen molar-refractivity contribution < 1.29 is 36.3 Å². The molecule has 0 unspecified atom stereocenters. The lowest BCUT2D eigenvalue weighted by Gasteiger charge is -2.38. The fourth-order valence-electron chi connectivity index (χ4n) is 4.58. The Balaban J connectivity index is 1.52. The number of nitrogens with zero attached hydrogens (tertiary/aromatic N) is 3. The summed E-state index contributed by atoms with van der Waals surface area (Å²) >= 11 is 0. The first-order valence-corrected chi connectivity index (χ1v) is 12.5. The minimum absolute atomic E-state index is 0.0432. The fraction of sp³-hybridized carbons (Fsp3) is 0.407. The summed E-state index contributed by atoms with van der Waals surface area (Å²) in [6.45, 7) is 1.93. The van der Waals surface area contributed by atoms with Gasteiger partial charge in [-0.05, 0) is 44.2 Å². The number of hydrogen-bond donors (Lipinski definition) is 2. The van der Waals surface area contributed by atoms with Gasteiger partial charge in [0.15, 0.2) is 17.2 Å². The second-order valence-electron chi connectivity index (χ2n) is 10.0. The van der Waals surface area contributed by atoms with Crippen molar-refractivity contribution in [1.29, 1.82) is 0 Å². The highest BCUT2D eigenvalue weighted by Crippen LogP contribution is 2.36. The van der Waals surface area contributed by atoms with Crippen LogP contribution in [0.25, 0.3) is 10.9 Å². The van der Waals surface area contributed by atoms with Crippen LogP contribution < -0.4 is 15.5 Å². The predicted octanol–water partition coefficient (Wildman–Crippen LogP) is 4.80. The van der Waals surface area contributed by atoms with Gasteiger partial charge < -0.3 is 20.3 Å². The largest absolute Gasteiger partial charge is 0.490 e. The maximum atomic E-state index is 13.9. The number of halogens is 5. The second kappa shape index (κ2) is 11.2. The van der Waals surface area contributed by atoms with Crippen molar-refractivity contribution in [1.82, 2.24) is 15.3 Å². The Kier molecular flexibility index (Phi) is 8.13. The summed E-state index contributed by atoms with van der Waals surface area (Å²) in [5.74, 6) is -4.96. The Morgan fingerprint density at radius 3 is 2.27 bits per heavy atom. The number of esters is 1. The molecule has 0 bridgehead atoms. The van der Waals surface area contributed by atoms with Crippen LogP contribution in [0.5, 0.6) is 0 Å². The maximum Gasteiger partial charge on any atom is 0.490 e. The number of anilines is 2. The van der Waals surface area contributed by atoms with Crippen LogP contribution in [-0.4, -0.2) is 53.8 Å². The third-order valence-electron chi connectivity index (χ3n) is 6.77. The first kappa shape index (κ1) is 29.0. The van der Waals surface area contributed by atoms with Gasteiger partial charge in [-0.15, -0.1) is 0 Å². The molecule has 13 heteroatoms. The molecule has 0 radical (unpaired) electrons. The summed E-state index contributed by atoms with van der Waals surface area (Å²) in [7, 11) is 3.35. The highest BCUT2D eigenvalue weighted by Gasteiger charge is 2.51. The molecule has 0 spiro atoms. The third-order valence-corrected chi connectivity index (χ3v) is 6.77. The molecule has 1 aliphatic rings. The van der Waals surface area contributed by atoms with Crippen LogP contribution in [0.2, 0.25) is 0 Å². The number of carbonyl (C=O) groups is 2. The van der Waals surface area contributed by atoms with Crippen molar-refractivity contribution in [3.8, 4) is 0 Å². The van der Waals surface area contributed by atoms with Gasteiger partial charge in [-0.3, -0.25) is 4.79 Å². The molecule has 8 nitrogen and oxygen atoms in total. The lowest BCUT2D eigenvalue weighted by Crippen LogP contribution is -2.54. The number of hydrogen-bond acceptors (Lipinski definition) is 7. The van der Waals surface area contributed by atoms with E-state index in [1.54, 1.807) is 31.1 Å². The van der Waals surface area contributed by atoms with Crippen molar-refractivity contribution in [2.24, 2.45) is 0 Å². The molecule has 2 aromatic carbocycles. The maximum absolute atomic E-state index is 13.9. The van der Waals surface area contributed by atoms with Crippen molar-refractivity contribution in [3.63, 3.8) is 0 Å². The van der Waals surface area contributed by atoms with Gasteiger partial charge in [-0.2, -0.15) is 18.2 Å². The first-order chi connectivity index (χ1) is 18.8. The van der Waals surface area contributed by atoms with E-state index in [0.717, 1.165) is 23.3 Å². The summed E-state index contributed by atoms with van der Waals surface area (Å²) in [5, 5.41) is 5.96. The van der Waals surface area contributed by atoms with E-state index in [4.69, 9.17) is 4.74 Å². The van der Waals surface area contributed by atoms with Gasteiger partial charge in [0.25, 0.3) is 5.91 Å². The summed E-state index contributed by atoms with van der Waals surface area (Å²) in [6.07, 6.45) is -5.38. The molecule has 0 saturated heterocycles. The molecule has 3 aromatic rings. The Bertz CT molecular complexity index is 1400. The molecule has 1 fully saturated rings. The van der Waals surface area contributed by atoms with Crippen LogP contribution >= 0.6 is 0 Å². The zero-order valence-electron chi connectivity index (χ0n) is 22.0. The van der Waals surface area contributed by atoms with Gasteiger partial charge in [-0.25, -0.2) is 18.6 Å². The van der Waals surface area contributed by atoms with Crippen LogP contribution in [-0.2, 0) is 20.9 Å². The molecular formula is C27H28F5N5O3. The SMILES string of the molecule is Cc1ccc(CNC(=O)C2(OC(=O)C(F)(F)F)CCC(Nc3nc(N(C)C)c4cc(F)c(F)cc4n3)CC2)cc1. The lowest BCUT2D eigenvalue weighted by molar-refractivity contribution is -0.217. The zero-order chi connectivity index (χ0) is 29.2. The van der Waals surface area contributed by atoms with Gasteiger partial charge in [0, 0.05) is 38.1 Å². The fourth-order valence-corrected chi connectivity index (χ4v) is 4.58. The lowest BCUT2D eigenvalue weighted by atomic mass is 9.81. The van der Waals surface area contributed by atoms with Gasteiger partial charge in [0.2, 0.25) is 5.95 Å². The minimum atomic E-state index is -5.27. The van der Waals surface area contributed by atoms with Crippen molar-refractivity contribution in [2.45, 2.75) is 57.0 Å². The van der Waals surface area contributed by atoms with Crippen LogP contribution in [0, 0.1) is 18.6 Å². The van der Waals surface area contributed by atoms with Gasteiger partial charge >= 0.3 is 12.1 Å². The Hall–Kier alpha value is -4.03. The van der Waals surface area contributed by atoms with Gasteiger partial charge in [-0.1, -0.05) is 29.8 Å². The monoisotopic (exact) mass is 565 g/mol. The van der Waals surface area contributed by atoms with Crippen molar-refractivity contribution in [2.75, 3.05) is 24.3 Å². The van der Waals surface area contributed by atoms with E-state index in [9.17, 15) is 31.5 Å². The van der Waals surface area contributed by atoms with Crippen molar-refractivity contribution >= 4 is 34.5 Å². The number of fused-ring (bicyclic) bond motifs is 1. The van der Waals surface area contributed by atoms with Crippen LogP contribution in [0.1, 0.15) is 36.8 Å². The predicted molar refractivity (Wildman–Crippen MR) is 138 cm³/mol. The van der Waals surface area contributed by atoms with Gasteiger partial charge in [0.05, 0.1) is 5.52 Å². The van der Waals surface area contributed by atoms with Crippen LogP contribution in [0.3, 0.4) is 0 Å². The Morgan fingerprint density at radius 2 is 1.68 bits per heavy atom. The molecule has 40 heavy (non-hydrogen) atoms. The summed E-state index contributed by atoms with van der Waals surface area (Å²) < 4.78 is 71.8. The summed E-state index contributed by atoms with van der Waals surface area (Å²) in [6, 6.07) is 8.76. The van der Waals surface area contributed by atoms with E-state index < -0.39 is 41.3 Å². The van der Waals surface area contributed by atoms with E-state index in [1.807, 2.05) is 19.1 Å². The normalized spacial score (nSPS) is 19.2. The number of ether oxygens (including phenoxy) is 1. The zero-order valence-corrected chi connectivity index (χ0v) is 22.0. The number of rotatable bonds is 7. The molecule has 1 aliphatic carbocycles. The summed E-state index contributed by atoms with van der Waals surface area (Å²) in [4.78, 5) is 35.2. The average molecular weight is 566 g/mol. The first-order valence-electron chi connectivity index (χ1n) is 12.5. The minimum Gasteiger partial charge on any atom is -0.442 e. The standard InChI is InChI=1S/C27H28F5N5O3/c1-15-4-6-16(7-5-15)14-33-23(38)26(40-24(39)27(30,31)32)10-8-17(9-11-26)34-25-35-21-13-20(29)19(28)12-18(21)22(36-25)37(2)3/h4-7,12-13,17H,8-11,14H2,1-3H3,(H,33,38)(H,34,35,36). The number of benzene rings is 2. The number of nitrogens with one attached hydrogen (secondary N) is 2. The Morgan fingerprint density at radius 1 is 1.05 bits per heavy atom. The highest BCUT2D eigenvalue weighted by molar-refractivity contribution is 5.91. The van der Waals surface area contributed by atoms with E-state index >= 15 is 0 Å². The molecule has 2 N–H and O–H groups in total. The molecular weight excluding hydrogens is 537 g/mol. The molecule has 4 rings (SSSR count). The molecule has 1 heterocycles. The highest BCUT2D eigenvalue weighted by atomic mass is 19.4. The van der Waals surface area contributed by atoms with E-state index in [1.165, 1.54) is 0 Å². The molecule has 1 amide bonds. The third kappa shape index (κ3) is 6.40. The number of aromatic nitrogens is 2. The van der Waals surface area contributed by atoms with Gasteiger partial charge in [0.1, 0.15) is 5.82 Å². The molecule has 1 aromatic heterocycles. The number of carbonyl (C=O) groups excluding carboxylic acids is 2.